The number of nitrogens with zero attached hydrogens (tertiary/aromatic N) is 2. The predicted molar refractivity (Wildman–Crippen MR) is 129 cm³/mol. The van der Waals surface area contributed by atoms with Gasteiger partial charge in [-0.05, 0) is 56.3 Å². The normalized spacial score (nSPS) is 18.3. The summed E-state index contributed by atoms with van der Waals surface area (Å²) in [6.07, 6.45) is 1.25. The highest BCUT2D eigenvalue weighted by atomic mass is 35.5. The summed E-state index contributed by atoms with van der Waals surface area (Å²) >= 11 is 5.92. The number of hydrogen-bond acceptors (Lipinski definition) is 6. The topological polar surface area (TPSA) is 93.2 Å². The summed E-state index contributed by atoms with van der Waals surface area (Å²) in [5, 5.41) is 0.472. The van der Waals surface area contributed by atoms with Gasteiger partial charge in [0.05, 0.1) is 34.9 Å². The smallest absolute Gasteiger partial charge is 0.338 e. The number of halogens is 1. The summed E-state index contributed by atoms with van der Waals surface area (Å²) in [4.78, 5) is 26.5. The number of benzene rings is 2. The second-order valence-electron chi connectivity index (χ2n) is 7.96. The number of sulfonamides is 1. The van der Waals surface area contributed by atoms with Crippen LogP contribution >= 0.6 is 11.6 Å². The van der Waals surface area contributed by atoms with Gasteiger partial charge in [-0.15, -0.1) is 6.58 Å². The Bertz CT molecular complexity index is 1140. The van der Waals surface area contributed by atoms with Crippen molar-refractivity contribution in [3.63, 3.8) is 0 Å². The standard InChI is InChI=1S/C24H27ClN2O6S/c1-4-12-27(21-10-8-20(25)9-11-21)34(30,31)22-7-5-6-19(13-22)24(29)32-16-23(28)26-14-17(2)33-18(3)15-26/h4-11,13,17-18H,1,12,14-16H2,2-3H3. The van der Waals surface area contributed by atoms with Crippen molar-refractivity contribution < 1.29 is 27.5 Å². The molecule has 0 spiro atoms. The zero-order valence-corrected chi connectivity index (χ0v) is 20.6. The average Bonchev–Trinajstić information content (AvgIpc) is 2.81. The maximum absolute atomic E-state index is 13.3. The third kappa shape index (κ3) is 6.16. The van der Waals surface area contributed by atoms with Crippen molar-refractivity contribution in [1.29, 1.82) is 0 Å². The van der Waals surface area contributed by atoms with E-state index >= 15 is 0 Å². The average molecular weight is 507 g/mol. The Hall–Kier alpha value is -2.88. The maximum Gasteiger partial charge on any atom is 0.338 e. The molecule has 1 amide bonds. The van der Waals surface area contributed by atoms with Crippen molar-refractivity contribution in [2.75, 3.05) is 30.5 Å². The van der Waals surface area contributed by atoms with Crippen molar-refractivity contribution in [2.24, 2.45) is 0 Å². The highest BCUT2D eigenvalue weighted by Crippen LogP contribution is 2.26. The van der Waals surface area contributed by atoms with E-state index < -0.39 is 22.6 Å². The molecule has 2 atom stereocenters. The zero-order chi connectivity index (χ0) is 24.9. The van der Waals surface area contributed by atoms with E-state index in [-0.39, 0.29) is 35.1 Å². The van der Waals surface area contributed by atoms with E-state index in [0.717, 1.165) is 4.31 Å². The molecule has 2 unspecified atom stereocenters. The first kappa shape index (κ1) is 25.7. The molecule has 8 nitrogen and oxygen atoms in total. The van der Waals surface area contributed by atoms with Crippen LogP contribution < -0.4 is 4.31 Å². The lowest BCUT2D eigenvalue weighted by atomic mass is 10.2. The van der Waals surface area contributed by atoms with E-state index in [1.807, 2.05) is 13.8 Å². The van der Waals surface area contributed by atoms with Crippen LogP contribution in [0.15, 0.2) is 66.1 Å². The number of carbonyl (C=O) groups is 2. The van der Waals surface area contributed by atoms with Crippen molar-refractivity contribution in [2.45, 2.75) is 31.0 Å². The van der Waals surface area contributed by atoms with Crippen LogP contribution in [0.1, 0.15) is 24.2 Å². The molecule has 0 N–H and O–H groups in total. The first-order valence-electron chi connectivity index (χ1n) is 10.7. The third-order valence-electron chi connectivity index (χ3n) is 5.17. The molecular formula is C24H27ClN2O6S. The fraction of sp³-hybridized carbons (Fsp3) is 0.333. The van der Waals surface area contributed by atoms with Crippen LogP contribution in [-0.2, 0) is 24.3 Å². The lowest BCUT2D eigenvalue weighted by Gasteiger charge is -2.35. The Labute approximate surface area is 204 Å². The molecule has 3 rings (SSSR count). The fourth-order valence-corrected chi connectivity index (χ4v) is 5.27. The zero-order valence-electron chi connectivity index (χ0n) is 19.0. The first-order chi connectivity index (χ1) is 16.1. The monoisotopic (exact) mass is 506 g/mol. The molecular weight excluding hydrogens is 480 g/mol. The van der Waals surface area contributed by atoms with Crippen LogP contribution in [0.5, 0.6) is 0 Å². The van der Waals surface area contributed by atoms with Gasteiger partial charge in [0.25, 0.3) is 15.9 Å². The van der Waals surface area contributed by atoms with Gasteiger partial charge in [0.1, 0.15) is 0 Å². The number of carbonyl (C=O) groups excluding carboxylic acids is 2. The van der Waals surface area contributed by atoms with E-state index in [9.17, 15) is 18.0 Å². The molecule has 10 heteroatoms. The number of esters is 1. The summed E-state index contributed by atoms with van der Waals surface area (Å²) in [6.45, 7) is 7.78. The Balaban J connectivity index is 1.74. The Morgan fingerprint density at radius 1 is 1.18 bits per heavy atom. The Morgan fingerprint density at radius 2 is 1.82 bits per heavy atom. The summed E-state index contributed by atoms with van der Waals surface area (Å²) in [6, 6.07) is 11.8. The molecule has 182 valence electrons. The third-order valence-corrected chi connectivity index (χ3v) is 7.21. The van der Waals surface area contributed by atoms with Crippen LogP contribution in [0, 0.1) is 0 Å². The molecule has 0 saturated carbocycles. The van der Waals surface area contributed by atoms with Gasteiger partial charge in [0.2, 0.25) is 0 Å². The van der Waals surface area contributed by atoms with E-state index in [4.69, 9.17) is 21.1 Å². The number of morpholine rings is 1. The number of anilines is 1. The summed E-state index contributed by atoms with van der Waals surface area (Å²) in [5.74, 6) is -1.12. The number of hydrogen-bond donors (Lipinski definition) is 0. The minimum Gasteiger partial charge on any atom is -0.452 e. The van der Waals surface area contributed by atoms with Crippen molar-refractivity contribution >= 4 is 39.2 Å². The van der Waals surface area contributed by atoms with Gasteiger partial charge in [-0.25, -0.2) is 13.2 Å². The molecule has 1 fully saturated rings. The lowest BCUT2D eigenvalue weighted by Crippen LogP contribution is -2.49. The lowest BCUT2D eigenvalue weighted by molar-refractivity contribution is -0.146. The fourth-order valence-electron chi connectivity index (χ4n) is 3.66. The van der Waals surface area contributed by atoms with E-state index in [1.54, 1.807) is 29.2 Å². The summed E-state index contributed by atoms with van der Waals surface area (Å²) in [5.41, 5.74) is 0.420. The minimum absolute atomic E-state index is 0.0174. The SMILES string of the molecule is C=CCN(c1ccc(Cl)cc1)S(=O)(=O)c1cccc(C(=O)OCC(=O)N2CC(C)OC(C)C2)c1. The van der Waals surface area contributed by atoms with Crippen molar-refractivity contribution in [3.05, 3.63) is 71.8 Å². The second-order valence-corrected chi connectivity index (χ2v) is 10.3. The maximum atomic E-state index is 13.3. The molecule has 0 aromatic heterocycles. The Kier molecular flexibility index (Phi) is 8.35. The van der Waals surface area contributed by atoms with Gasteiger partial charge in [0, 0.05) is 18.1 Å². The number of amides is 1. The van der Waals surface area contributed by atoms with E-state index in [2.05, 4.69) is 6.58 Å². The predicted octanol–water partition coefficient (Wildman–Crippen LogP) is 3.51. The first-order valence-corrected chi connectivity index (χ1v) is 12.5. The Morgan fingerprint density at radius 3 is 2.44 bits per heavy atom. The van der Waals surface area contributed by atoms with Crippen LogP contribution in [0.3, 0.4) is 0 Å². The highest BCUT2D eigenvalue weighted by Gasteiger charge is 2.28. The molecule has 0 radical (unpaired) electrons. The van der Waals surface area contributed by atoms with Gasteiger partial charge in [-0.3, -0.25) is 9.10 Å². The van der Waals surface area contributed by atoms with Crippen LogP contribution in [0.2, 0.25) is 5.02 Å². The van der Waals surface area contributed by atoms with E-state index in [0.29, 0.717) is 23.8 Å². The quantitative estimate of drug-likeness (QED) is 0.402. The van der Waals surface area contributed by atoms with E-state index in [1.165, 1.54) is 30.3 Å². The van der Waals surface area contributed by atoms with Crippen LogP contribution in [-0.4, -0.2) is 63.6 Å². The molecule has 1 heterocycles. The molecule has 1 aliphatic rings. The van der Waals surface area contributed by atoms with Gasteiger partial charge in [0.15, 0.2) is 6.61 Å². The number of rotatable bonds is 8. The van der Waals surface area contributed by atoms with Gasteiger partial charge >= 0.3 is 5.97 Å². The van der Waals surface area contributed by atoms with Gasteiger partial charge in [-0.1, -0.05) is 23.7 Å². The molecule has 2 aromatic rings. The van der Waals surface area contributed by atoms with Crippen molar-refractivity contribution in [1.82, 2.24) is 4.90 Å². The molecule has 0 aliphatic carbocycles. The molecule has 2 aromatic carbocycles. The molecule has 34 heavy (non-hydrogen) atoms. The van der Waals surface area contributed by atoms with Crippen LogP contribution in [0.4, 0.5) is 5.69 Å². The van der Waals surface area contributed by atoms with Crippen molar-refractivity contribution in [3.8, 4) is 0 Å². The second kappa shape index (κ2) is 11.0. The summed E-state index contributed by atoms with van der Waals surface area (Å²) < 4.78 is 38.6. The van der Waals surface area contributed by atoms with Crippen LogP contribution in [0.25, 0.3) is 0 Å². The minimum atomic E-state index is -4.02. The molecule has 0 bridgehead atoms. The molecule has 1 aliphatic heterocycles. The number of ether oxygens (including phenoxy) is 2. The largest absolute Gasteiger partial charge is 0.452 e. The highest BCUT2D eigenvalue weighted by molar-refractivity contribution is 7.92. The molecule has 1 saturated heterocycles. The van der Waals surface area contributed by atoms with Gasteiger partial charge in [-0.2, -0.15) is 0 Å². The van der Waals surface area contributed by atoms with Gasteiger partial charge < -0.3 is 14.4 Å². The summed E-state index contributed by atoms with van der Waals surface area (Å²) in [7, 11) is -4.02.